The van der Waals surface area contributed by atoms with Crippen LogP contribution < -0.4 is 0 Å². The van der Waals surface area contributed by atoms with Crippen LogP contribution in [0.15, 0.2) is 12.2 Å². The van der Waals surface area contributed by atoms with E-state index in [-0.39, 0.29) is 19.5 Å². The van der Waals surface area contributed by atoms with Crippen LogP contribution in [-0.4, -0.2) is 58.5 Å². The number of allylic oxidation sites excluding steroid dienone is 1. The van der Waals surface area contributed by atoms with Crippen molar-refractivity contribution in [3.8, 4) is 11.8 Å². The molecule has 1 saturated heterocycles. The lowest BCUT2D eigenvalue weighted by molar-refractivity contribution is -0.154. The smallest absolute Gasteiger partial charge is 0.331 e. The van der Waals surface area contributed by atoms with Gasteiger partial charge in [-0.15, -0.1) is 0 Å². The maximum Gasteiger partial charge on any atom is 0.331 e. The van der Waals surface area contributed by atoms with Gasteiger partial charge in [-0.2, -0.15) is 0 Å². The molecule has 0 aromatic carbocycles. The molecule has 1 aliphatic heterocycles. The van der Waals surface area contributed by atoms with Gasteiger partial charge in [0.05, 0.1) is 19.8 Å². The average Bonchev–Trinajstić information content (AvgIpc) is 2.58. The second-order valence-corrected chi connectivity index (χ2v) is 4.74. The zero-order chi connectivity index (χ0) is 16.6. The van der Waals surface area contributed by atoms with Crippen molar-refractivity contribution < 1.29 is 28.5 Å². The molecule has 0 spiro atoms. The minimum Gasteiger partial charge on any atom is -0.460 e. The molecule has 1 atom stereocenters. The average molecular weight is 326 g/mol. The van der Waals surface area contributed by atoms with Gasteiger partial charge in [0.15, 0.2) is 6.29 Å². The molecule has 0 radical (unpaired) electrons. The van der Waals surface area contributed by atoms with Gasteiger partial charge in [0.25, 0.3) is 0 Å². The van der Waals surface area contributed by atoms with Crippen LogP contribution in [0.4, 0.5) is 0 Å². The van der Waals surface area contributed by atoms with Crippen molar-refractivity contribution in [1.29, 1.82) is 0 Å². The van der Waals surface area contributed by atoms with Gasteiger partial charge in [-0.25, -0.2) is 4.79 Å². The fourth-order valence-electron chi connectivity index (χ4n) is 1.80. The third kappa shape index (κ3) is 11.8. The van der Waals surface area contributed by atoms with Crippen molar-refractivity contribution in [2.75, 3.05) is 46.2 Å². The predicted molar refractivity (Wildman–Crippen MR) is 84.7 cm³/mol. The van der Waals surface area contributed by atoms with E-state index < -0.39 is 5.97 Å². The number of carbonyl (C=O) groups is 1. The van der Waals surface area contributed by atoms with E-state index in [0.29, 0.717) is 26.4 Å². The molecule has 23 heavy (non-hydrogen) atoms. The van der Waals surface area contributed by atoms with Crippen LogP contribution in [0, 0.1) is 11.8 Å². The summed E-state index contributed by atoms with van der Waals surface area (Å²) in [4.78, 5) is 11.3. The van der Waals surface area contributed by atoms with Crippen LogP contribution in [0.5, 0.6) is 0 Å². The molecule has 0 aliphatic carbocycles. The second kappa shape index (κ2) is 14.2. The van der Waals surface area contributed by atoms with Crippen LogP contribution >= 0.6 is 0 Å². The molecule has 1 unspecified atom stereocenters. The van der Waals surface area contributed by atoms with Gasteiger partial charge in [0.1, 0.15) is 13.2 Å². The Morgan fingerprint density at radius 2 is 2.04 bits per heavy atom. The Hall–Kier alpha value is -1.39. The lowest BCUT2D eigenvalue weighted by atomic mass is 10.2. The van der Waals surface area contributed by atoms with Crippen molar-refractivity contribution in [2.45, 2.75) is 32.5 Å². The third-order valence-electron chi connectivity index (χ3n) is 2.93. The van der Waals surface area contributed by atoms with Crippen LogP contribution in [0.2, 0.25) is 0 Å². The van der Waals surface area contributed by atoms with Crippen LogP contribution in [-0.2, 0) is 28.5 Å². The van der Waals surface area contributed by atoms with E-state index in [4.69, 9.17) is 23.7 Å². The standard InChI is InChI=1S/C17H26O6/c1-2-19-12-13-20-14-15-21-16(18)8-4-3-6-10-22-17-9-5-7-11-23-17/h4,8,17H,2,5,7,9-15H2,1H3. The summed E-state index contributed by atoms with van der Waals surface area (Å²) in [7, 11) is 0. The predicted octanol–water partition coefficient (Wildman–Crippen LogP) is 1.69. The fraction of sp³-hybridized carbons (Fsp3) is 0.706. The van der Waals surface area contributed by atoms with Crippen molar-refractivity contribution >= 4 is 5.97 Å². The zero-order valence-corrected chi connectivity index (χ0v) is 13.8. The highest BCUT2D eigenvalue weighted by atomic mass is 16.7. The number of hydrogen-bond acceptors (Lipinski definition) is 6. The quantitative estimate of drug-likeness (QED) is 0.263. The van der Waals surface area contributed by atoms with Crippen molar-refractivity contribution in [3.63, 3.8) is 0 Å². The Kier molecular flexibility index (Phi) is 12.2. The lowest BCUT2D eigenvalue weighted by Gasteiger charge is -2.21. The largest absolute Gasteiger partial charge is 0.460 e. The summed E-state index contributed by atoms with van der Waals surface area (Å²) in [6.45, 7) is 5.25. The van der Waals surface area contributed by atoms with Gasteiger partial charge in [-0.1, -0.05) is 11.8 Å². The zero-order valence-electron chi connectivity index (χ0n) is 13.8. The molecule has 130 valence electrons. The Bertz CT molecular complexity index is 390. The first-order valence-electron chi connectivity index (χ1n) is 8.03. The highest BCUT2D eigenvalue weighted by molar-refractivity contribution is 5.82. The Morgan fingerprint density at radius 1 is 1.22 bits per heavy atom. The summed E-state index contributed by atoms with van der Waals surface area (Å²) >= 11 is 0. The topological polar surface area (TPSA) is 63.2 Å². The fourth-order valence-corrected chi connectivity index (χ4v) is 1.80. The summed E-state index contributed by atoms with van der Waals surface area (Å²) in [6.07, 6.45) is 5.71. The first-order valence-corrected chi connectivity index (χ1v) is 8.03. The number of rotatable bonds is 10. The van der Waals surface area contributed by atoms with E-state index in [1.165, 1.54) is 12.2 Å². The molecule has 6 heteroatoms. The van der Waals surface area contributed by atoms with E-state index in [0.717, 1.165) is 25.9 Å². The molecule has 1 rings (SSSR count). The van der Waals surface area contributed by atoms with Crippen molar-refractivity contribution in [1.82, 2.24) is 0 Å². The van der Waals surface area contributed by atoms with Gasteiger partial charge in [-0.3, -0.25) is 0 Å². The highest BCUT2D eigenvalue weighted by Gasteiger charge is 2.12. The first-order chi connectivity index (χ1) is 11.3. The van der Waals surface area contributed by atoms with E-state index in [1.807, 2.05) is 6.92 Å². The Balaban J connectivity index is 1.97. The molecule has 0 aromatic rings. The Labute approximate surface area is 138 Å². The summed E-state index contributed by atoms with van der Waals surface area (Å²) < 4.78 is 26.1. The summed E-state index contributed by atoms with van der Waals surface area (Å²) in [5, 5.41) is 0. The monoisotopic (exact) mass is 326 g/mol. The number of ether oxygens (including phenoxy) is 5. The summed E-state index contributed by atoms with van der Waals surface area (Å²) in [5.74, 6) is 5.08. The first kappa shape index (κ1) is 19.7. The van der Waals surface area contributed by atoms with Gasteiger partial charge in [-0.05, 0) is 32.3 Å². The lowest BCUT2D eigenvalue weighted by Crippen LogP contribution is -2.22. The highest BCUT2D eigenvalue weighted by Crippen LogP contribution is 2.12. The SMILES string of the molecule is CCOCCOCCOC(=O)C=CC#CCOC1CCCCO1. The van der Waals surface area contributed by atoms with Crippen molar-refractivity contribution in [3.05, 3.63) is 12.2 Å². The molecular formula is C17H26O6. The van der Waals surface area contributed by atoms with E-state index in [2.05, 4.69) is 11.8 Å². The van der Waals surface area contributed by atoms with Crippen LogP contribution in [0.25, 0.3) is 0 Å². The van der Waals surface area contributed by atoms with E-state index in [9.17, 15) is 4.79 Å². The summed E-state index contributed by atoms with van der Waals surface area (Å²) in [6, 6.07) is 0. The number of hydrogen-bond donors (Lipinski definition) is 0. The molecule has 0 bridgehead atoms. The molecule has 0 amide bonds. The van der Waals surface area contributed by atoms with Crippen LogP contribution in [0.3, 0.4) is 0 Å². The molecule has 6 nitrogen and oxygen atoms in total. The van der Waals surface area contributed by atoms with E-state index >= 15 is 0 Å². The van der Waals surface area contributed by atoms with Gasteiger partial charge in [0, 0.05) is 19.3 Å². The third-order valence-corrected chi connectivity index (χ3v) is 2.93. The maximum absolute atomic E-state index is 11.3. The molecule has 0 N–H and O–H groups in total. The molecule has 0 saturated carbocycles. The van der Waals surface area contributed by atoms with Crippen LogP contribution in [0.1, 0.15) is 26.2 Å². The molecule has 1 aliphatic rings. The van der Waals surface area contributed by atoms with Gasteiger partial charge in [0.2, 0.25) is 0 Å². The molecular weight excluding hydrogens is 300 g/mol. The van der Waals surface area contributed by atoms with Gasteiger partial charge >= 0.3 is 5.97 Å². The molecule has 0 aromatic heterocycles. The minimum atomic E-state index is -0.441. The minimum absolute atomic E-state index is 0.144. The van der Waals surface area contributed by atoms with Gasteiger partial charge < -0.3 is 23.7 Å². The normalized spacial score (nSPS) is 17.7. The second-order valence-electron chi connectivity index (χ2n) is 4.74. The molecule has 1 heterocycles. The number of carbonyl (C=O) groups excluding carboxylic acids is 1. The maximum atomic E-state index is 11.3. The summed E-state index contributed by atoms with van der Waals surface area (Å²) in [5.41, 5.74) is 0. The number of esters is 1. The van der Waals surface area contributed by atoms with E-state index in [1.54, 1.807) is 0 Å². The Morgan fingerprint density at radius 3 is 2.83 bits per heavy atom. The van der Waals surface area contributed by atoms with Crippen molar-refractivity contribution in [2.24, 2.45) is 0 Å². The molecule has 1 fully saturated rings.